The number of piperidine rings is 1. The molecule has 0 unspecified atom stereocenters. The van der Waals surface area contributed by atoms with Crippen molar-refractivity contribution in [2.24, 2.45) is 10.7 Å². The van der Waals surface area contributed by atoms with E-state index in [-0.39, 0.29) is 5.54 Å². The molecule has 2 heterocycles. The van der Waals surface area contributed by atoms with Crippen LogP contribution in [0.5, 0.6) is 0 Å². The number of hydrogen-bond acceptors (Lipinski definition) is 4. The summed E-state index contributed by atoms with van der Waals surface area (Å²) >= 11 is 3.66. The molecule has 2 N–H and O–H groups in total. The molecular formula is C16H23BrN4. The Labute approximate surface area is 135 Å². The van der Waals surface area contributed by atoms with Crippen molar-refractivity contribution >= 4 is 27.6 Å². The molecule has 0 saturated carbocycles. The molecule has 0 aliphatic carbocycles. The van der Waals surface area contributed by atoms with Crippen molar-refractivity contribution in [3.63, 3.8) is 0 Å². The molecule has 21 heavy (non-hydrogen) atoms. The van der Waals surface area contributed by atoms with Crippen LogP contribution in [-0.2, 0) is 0 Å². The fourth-order valence-electron chi connectivity index (χ4n) is 3.46. The first-order valence-electron chi connectivity index (χ1n) is 7.62. The van der Waals surface area contributed by atoms with E-state index >= 15 is 0 Å². The van der Waals surface area contributed by atoms with Gasteiger partial charge < -0.3 is 15.5 Å². The second-order valence-corrected chi connectivity index (χ2v) is 7.17. The largest absolute Gasteiger partial charge is 0.369 e. The maximum absolute atomic E-state index is 6.22. The highest BCUT2D eigenvalue weighted by atomic mass is 79.9. The summed E-state index contributed by atoms with van der Waals surface area (Å²) in [6.45, 7) is 7.57. The van der Waals surface area contributed by atoms with Gasteiger partial charge in [0.1, 0.15) is 0 Å². The van der Waals surface area contributed by atoms with E-state index in [1.165, 1.54) is 0 Å². The number of nitrogens with two attached hydrogens (primary N) is 1. The summed E-state index contributed by atoms with van der Waals surface area (Å²) in [5.41, 5.74) is 7.41. The van der Waals surface area contributed by atoms with Crippen LogP contribution in [-0.4, -0.2) is 42.1 Å². The van der Waals surface area contributed by atoms with Gasteiger partial charge in [0.2, 0.25) is 0 Å². The van der Waals surface area contributed by atoms with Gasteiger partial charge in [0.05, 0.1) is 17.8 Å². The van der Waals surface area contributed by atoms with Crippen molar-refractivity contribution in [3.05, 3.63) is 28.7 Å². The van der Waals surface area contributed by atoms with Gasteiger partial charge in [0.15, 0.2) is 5.96 Å². The van der Waals surface area contributed by atoms with Crippen LogP contribution in [0.4, 0.5) is 5.69 Å². The molecule has 4 nitrogen and oxygen atoms in total. The first-order valence-corrected chi connectivity index (χ1v) is 8.41. The van der Waals surface area contributed by atoms with Crippen LogP contribution in [0.25, 0.3) is 0 Å². The highest BCUT2D eigenvalue weighted by Gasteiger charge is 2.45. The highest BCUT2D eigenvalue weighted by Crippen LogP contribution is 2.39. The molecule has 0 aromatic heterocycles. The van der Waals surface area contributed by atoms with Crippen molar-refractivity contribution < 1.29 is 0 Å². The zero-order valence-corrected chi connectivity index (χ0v) is 14.3. The standard InChI is InChI=1S/C16H23BrN4/c1-12(2)20-9-7-16(8-10-20)11-19-15(18)21(16)14-6-4-3-5-13(14)17/h3-6,12H,7-11H2,1-2H3,(H2,18,19). The summed E-state index contributed by atoms with van der Waals surface area (Å²) in [7, 11) is 0. The number of aliphatic imine (C=N–C) groups is 1. The second-order valence-electron chi connectivity index (χ2n) is 6.32. The van der Waals surface area contributed by atoms with Gasteiger partial charge in [-0.25, -0.2) is 0 Å². The smallest absolute Gasteiger partial charge is 0.196 e. The number of halogens is 1. The summed E-state index contributed by atoms with van der Waals surface area (Å²) in [4.78, 5) is 9.36. The quantitative estimate of drug-likeness (QED) is 0.891. The number of nitrogens with zero attached hydrogens (tertiary/aromatic N) is 3. The number of para-hydroxylation sites is 1. The summed E-state index contributed by atoms with van der Waals surface area (Å²) in [6.07, 6.45) is 2.22. The zero-order valence-electron chi connectivity index (χ0n) is 12.7. The van der Waals surface area contributed by atoms with Gasteiger partial charge in [-0.05, 0) is 54.8 Å². The Morgan fingerprint density at radius 3 is 2.52 bits per heavy atom. The van der Waals surface area contributed by atoms with Gasteiger partial charge in [-0.15, -0.1) is 0 Å². The lowest BCUT2D eigenvalue weighted by molar-refractivity contribution is 0.139. The lowest BCUT2D eigenvalue weighted by atomic mass is 9.85. The van der Waals surface area contributed by atoms with E-state index < -0.39 is 0 Å². The molecule has 2 aliphatic heterocycles. The molecule has 114 valence electrons. The van der Waals surface area contributed by atoms with Crippen LogP contribution in [0.2, 0.25) is 0 Å². The summed E-state index contributed by atoms with van der Waals surface area (Å²) in [6, 6.07) is 8.89. The predicted molar refractivity (Wildman–Crippen MR) is 91.8 cm³/mol. The average Bonchev–Trinajstić information content (AvgIpc) is 2.77. The Morgan fingerprint density at radius 1 is 1.24 bits per heavy atom. The molecule has 1 saturated heterocycles. The van der Waals surface area contributed by atoms with E-state index in [1.54, 1.807) is 0 Å². The molecular weight excluding hydrogens is 328 g/mol. The van der Waals surface area contributed by atoms with E-state index in [1.807, 2.05) is 6.07 Å². The molecule has 3 rings (SSSR count). The molecule has 1 aromatic carbocycles. The number of anilines is 1. The third-order valence-electron chi connectivity index (χ3n) is 4.79. The third-order valence-corrected chi connectivity index (χ3v) is 5.46. The molecule has 2 aliphatic rings. The molecule has 1 fully saturated rings. The van der Waals surface area contributed by atoms with Crippen molar-refractivity contribution in [1.82, 2.24) is 4.90 Å². The van der Waals surface area contributed by atoms with Crippen LogP contribution < -0.4 is 10.6 Å². The number of rotatable bonds is 2. The van der Waals surface area contributed by atoms with Gasteiger partial charge >= 0.3 is 0 Å². The van der Waals surface area contributed by atoms with Crippen molar-refractivity contribution in [2.45, 2.75) is 38.3 Å². The number of guanidine groups is 1. The first kappa shape index (κ1) is 14.9. The third kappa shape index (κ3) is 2.57. The van der Waals surface area contributed by atoms with E-state index in [0.717, 1.165) is 42.6 Å². The summed E-state index contributed by atoms with van der Waals surface area (Å²) in [5, 5.41) is 0. The van der Waals surface area contributed by atoms with Crippen LogP contribution in [0.15, 0.2) is 33.7 Å². The number of hydrogen-bond donors (Lipinski definition) is 1. The van der Waals surface area contributed by atoms with Gasteiger partial charge in [-0.1, -0.05) is 12.1 Å². The summed E-state index contributed by atoms with van der Waals surface area (Å²) in [5.74, 6) is 0.653. The van der Waals surface area contributed by atoms with Gasteiger partial charge in [-0.3, -0.25) is 4.99 Å². The number of benzene rings is 1. The Bertz CT molecular complexity index is 547. The minimum atomic E-state index is 0.0549. The normalized spacial score (nSPS) is 22.1. The monoisotopic (exact) mass is 350 g/mol. The minimum Gasteiger partial charge on any atom is -0.369 e. The van der Waals surface area contributed by atoms with Crippen LogP contribution >= 0.6 is 15.9 Å². The van der Waals surface area contributed by atoms with Gasteiger partial charge in [0, 0.05) is 23.6 Å². The molecule has 0 amide bonds. The van der Waals surface area contributed by atoms with E-state index in [0.29, 0.717) is 12.0 Å². The topological polar surface area (TPSA) is 44.9 Å². The Balaban J connectivity index is 1.88. The fraction of sp³-hybridized carbons (Fsp3) is 0.562. The van der Waals surface area contributed by atoms with Crippen LogP contribution in [0.1, 0.15) is 26.7 Å². The SMILES string of the molecule is CC(C)N1CCC2(CC1)CN=C(N)N2c1ccccc1Br. The van der Waals surface area contributed by atoms with E-state index in [4.69, 9.17) is 5.73 Å². The lowest BCUT2D eigenvalue weighted by Gasteiger charge is -2.46. The van der Waals surface area contributed by atoms with Crippen molar-refractivity contribution in [1.29, 1.82) is 0 Å². The maximum atomic E-state index is 6.22. The Morgan fingerprint density at radius 2 is 1.90 bits per heavy atom. The van der Waals surface area contributed by atoms with Crippen LogP contribution in [0.3, 0.4) is 0 Å². The van der Waals surface area contributed by atoms with Gasteiger partial charge in [0.25, 0.3) is 0 Å². The van der Waals surface area contributed by atoms with Crippen molar-refractivity contribution in [2.75, 3.05) is 24.5 Å². The Kier molecular flexibility index (Phi) is 3.97. The van der Waals surface area contributed by atoms with Gasteiger partial charge in [-0.2, -0.15) is 0 Å². The molecule has 1 aromatic rings. The first-order chi connectivity index (χ1) is 10.0. The maximum Gasteiger partial charge on any atom is 0.196 e. The molecule has 1 spiro atoms. The Hall–Kier alpha value is -1.07. The summed E-state index contributed by atoms with van der Waals surface area (Å²) < 4.78 is 1.08. The molecule has 0 radical (unpaired) electrons. The lowest BCUT2D eigenvalue weighted by Crippen LogP contribution is -2.58. The second kappa shape index (κ2) is 5.61. The zero-order chi connectivity index (χ0) is 15.0. The average molecular weight is 351 g/mol. The van der Waals surface area contributed by atoms with Crippen LogP contribution in [0, 0.1) is 0 Å². The predicted octanol–water partition coefficient (Wildman–Crippen LogP) is 2.83. The number of likely N-dealkylation sites (tertiary alicyclic amines) is 1. The van der Waals surface area contributed by atoms with E-state index in [2.05, 4.69) is 62.8 Å². The van der Waals surface area contributed by atoms with E-state index in [9.17, 15) is 0 Å². The van der Waals surface area contributed by atoms with Crippen molar-refractivity contribution in [3.8, 4) is 0 Å². The fourth-order valence-corrected chi connectivity index (χ4v) is 3.93. The molecule has 0 bridgehead atoms. The highest BCUT2D eigenvalue weighted by molar-refractivity contribution is 9.10. The minimum absolute atomic E-state index is 0.0549. The molecule has 0 atom stereocenters. The molecule has 5 heteroatoms.